The number of rotatable bonds is 3. The Labute approximate surface area is 99.0 Å². The molecule has 88 valence electrons. The second kappa shape index (κ2) is 4.39. The molecule has 5 heteroatoms. The molecule has 17 heavy (non-hydrogen) atoms. The molecular weight excluding hydrogens is 216 g/mol. The van der Waals surface area contributed by atoms with Crippen LogP contribution in [0.15, 0.2) is 36.7 Å². The van der Waals surface area contributed by atoms with Gasteiger partial charge < -0.3 is 11.5 Å². The van der Waals surface area contributed by atoms with E-state index in [0.29, 0.717) is 5.56 Å². The predicted molar refractivity (Wildman–Crippen MR) is 64.7 cm³/mol. The summed E-state index contributed by atoms with van der Waals surface area (Å²) in [6.07, 6.45) is 3.05. The van der Waals surface area contributed by atoms with Gasteiger partial charge in [0.25, 0.3) is 5.91 Å². The Kier molecular flexibility index (Phi) is 2.93. The number of carbonyl (C=O) groups excluding carboxylic acids is 1. The standard InChI is InChI=1S/C12H14N4O/c1-8(13)9-2-4-11(5-3-9)16-7-10(6-15-16)12(14)17/h2-8H,13H2,1H3,(H2,14,17)/t8-/m0/s1. The van der Waals surface area contributed by atoms with Gasteiger partial charge in [-0.3, -0.25) is 4.79 Å². The van der Waals surface area contributed by atoms with E-state index >= 15 is 0 Å². The Morgan fingerprint density at radius 3 is 2.47 bits per heavy atom. The largest absolute Gasteiger partial charge is 0.366 e. The highest BCUT2D eigenvalue weighted by atomic mass is 16.1. The van der Waals surface area contributed by atoms with Crippen LogP contribution in [0.1, 0.15) is 28.9 Å². The summed E-state index contributed by atoms with van der Waals surface area (Å²) in [6, 6.07) is 7.67. The second-order valence-corrected chi connectivity index (χ2v) is 3.92. The molecule has 1 atom stereocenters. The van der Waals surface area contributed by atoms with Gasteiger partial charge in [0.05, 0.1) is 17.4 Å². The molecule has 0 saturated carbocycles. The van der Waals surface area contributed by atoms with Crippen LogP contribution in [0.25, 0.3) is 5.69 Å². The lowest BCUT2D eigenvalue weighted by atomic mass is 10.1. The molecule has 1 aromatic carbocycles. The molecule has 5 nitrogen and oxygen atoms in total. The van der Waals surface area contributed by atoms with E-state index in [2.05, 4.69) is 5.10 Å². The number of nitrogens with zero attached hydrogens (tertiary/aromatic N) is 2. The summed E-state index contributed by atoms with van der Waals surface area (Å²) in [7, 11) is 0. The second-order valence-electron chi connectivity index (χ2n) is 3.92. The minimum Gasteiger partial charge on any atom is -0.366 e. The third kappa shape index (κ3) is 2.34. The highest BCUT2D eigenvalue weighted by Crippen LogP contribution is 2.13. The lowest BCUT2D eigenvalue weighted by Gasteiger charge is -2.06. The molecule has 0 radical (unpaired) electrons. The van der Waals surface area contributed by atoms with Crippen molar-refractivity contribution in [3.63, 3.8) is 0 Å². The van der Waals surface area contributed by atoms with Gasteiger partial charge in [0, 0.05) is 12.2 Å². The van der Waals surface area contributed by atoms with Crippen molar-refractivity contribution in [3.05, 3.63) is 47.8 Å². The van der Waals surface area contributed by atoms with E-state index in [1.165, 1.54) is 6.20 Å². The average molecular weight is 230 g/mol. The Hall–Kier alpha value is -2.14. The van der Waals surface area contributed by atoms with Crippen molar-refractivity contribution < 1.29 is 4.79 Å². The summed E-state index contributed by atoms with van der Waals surface area (Å²) >= 11 is 0. The first kappa shape index (κ1) is 11.3. The highest BCUT2D eigenvalue weighted by molar-refractivity contribution is 5.92. The van der Waals surface area contributed by atoms with Crippen molar-refractivity contribution in [2.24, 2.45) is 11.5 Å². The quantitative estimate of drug-likeness (QED) is 0.824. The van der Waals surface area contributed by atoms with Crippen LogP contribution >= 0.6 is 0 Å². The number of benzene rings is 1. The molecule has 0 aliphatic heterocycles. The zero-order valence-electron chi connectivity index (χ0n) is 9.50. The molecule has 2 rings (SSSR count). The van der Waals surface area contributed by atoms with Crippen molar-refractivity contribution in [1.29, 1.82) is 0 Å². The summed E-state index contributed by atoms with van der Waals surface area (Å²) < 4.78 is 1.60. The van der Waals surface area contributed by atoms with Crippen molar-refractivity contribution in [3.8, 4) is 5.69 Å². The van der Waals surface area contributed by atoms with Crippen molar-refractivity contribution in [1.82, 2.24) is 9.78 Å². The number of hydrogen-bond acceptors (Lipinski definition) is 3. The lowest BCUT2D eigenvalue weighted by Crippen LogP contribution is -2.09. The summed E-state index contributed by atoms with van der Waals surface area (Å²) in [4.78, 5) is 10.9. The van der Waals surface area contributed by atoms with E-state index in [-0.39, 0.29) is 6.04 Å². The summed E-state index contributed by atoms with van der Waals surface area (Å²) in [5, 5.41) is 4.07. The van der Waals surface area contributed by atoms with E-state index in [1.807, 2.05) is 31.2 Å². The van der Waals surface area contributed by atoms with E-state index in [4.69, 9.17) is 11.5 Å². The topological polar surface area (TPSA) is 86.9 Å². The number of aromatic nitrogens is 2. The maximum absolute atomic E-state index is 10.9. The van der Waals surface area contributed by atoms with Crippen LogP contribution in [0, 0.1) is 0 Å². The van der Waals surface area contributed by atoms with Gasteiger partial charge in [-0.25, -0.2) is 4.68 Å². The SMILES string of the molecule is C[C@H](N)c1ccc(-n2cc(C(N)=O)cn2)cc1. The minimum absolute atomic E-state index is 0.00264. The number of hydrogen-bond donors (Lipinski definition) is 2. The first-order valence-electron chi connectivity index (χ1n) is 5.28. The summed E-state index contributed by atoms with van der Waals surface area (Å²) in [6.45, 7) is 1.92. The number of carbonyl (C=O) groups is 1. The average Bonchev–Trinajstić information content (AvgIpc) is 2.78. The molecule has 0 spiro atoms. The number of nitrogens with two attached hydrogens (primary N) is 2. The van der Waals surface area contributed by atoms with Gasteiger partial charge in [0.15, 0.2) is 0 Å². The van der Waals surface area contributed by atoms with Gasteiger partial charge in [-0.05, 0) is 24.6 Å². The van der Waals surface area contributed by atoms with E-state index in [9.17, 15) is 4.79 Å². The molecule has 0 unspecified atom stereocenters. The number of primary amides is 1. The first-order chi connectivity index (χ1) is 8.08. The van der Waals surface area contributed by atoms with Crippen LogP contribution in [0.5, 0.6) is 0 Å². The maximum Gasteiger partial charge on any atom is 0.251 e. The predicted octanol–water partition coefficient (Wildman–Crippen LogP) is 0.991. The molecule has 1 aromatic heterocycles. The van der Waals surface area contributed by atoms with Crippen molar-refractivity contribution in [2.75, 3.05) is 0 Å². The Balaban J connectivity index is 2.30. The van der Waals surface area contributed by atoms with Crippen LogP contribution in [-0.4, -0.2) is 15.7 Å². The zero-order valence-corrected chi connectivity index (χ0v) is 9.50. The minimum atomic E-state index is -0.483. The van der Waals surface area contributed by atoms with Gasteiger partial charge >= 0.3 is 0 Å². The van der Waals surface area contributed by atoms with Gasteiger partial charge in [-0.1, -0.05) is 12.1 Å². The van der Waals surface area contributed by atoms with Gasteiger partial charge in [-0.15, -0.1) is 0 Å². The zero-order chi connectivity index (χ0) is 12.4. The fourth-order valence-electron chi connectivity index (χ4n) is 1.52. The van der Waals surface area contributed by atoms with Crippen LogP contribution in [0.4, 0.5) is 0 Å². The number of amides is 1. The molecule has 4 N–H and O–H groups in total. The Bertz CT molecular complexity index is 528. The first-order valence-corrected chi connectivity index (χ1v) is 5.28. The molecule has 0 bridgehead atoms. The molecule has 0 aliphatic rings. The van der Waals surface area contributed by atoms with Gasteiger partial charge in [-0.2, -0.15) is 5.10 Å². The van der Waals surface area contributed by atoms with Crippen LogP contribution in [0.3, 0.4) is 0 Å². The lowest BCUT2D eigenvalue weighted by molar-refractivity contribution is 0.100. The molecule has 0 saturated heterocycles. The highest BCUT2D eigenvalue weighted by Gasteiger charge is 2.05. The monoisotopic (exact) mass is 230 g/mol. The third-order valence-electron chi connectivity index (χ3n) is 2.55. The van der Waals surface area contributed by atoms with Gasteiger partial charge in [0.1, 0.15) is 0 Å². The fraction of sp³-hybridized carbons (Fsp3) is 0.167. The molecule has 1 amide bonds. The summed E-state index contributed by atoms with van der Waals surface area (Å²) in [5.41, 5.74) is 13.2. The third-order valence-corrected chi connectivity index (χ3v) is 2.55. The van der Waals surface area contributed by atoms with Crippen molar-refractivity contribution >= 4 is 5.91 Å². The van der Waals surface area contributed by atoms with Crippen LogP contribution < -0.4 is 11.5 Å². The Morgan fingerprint density at radius 2 is 2.00 bits per heavy atom. The van der Waals surface area contributed by atoms with E-state index < -0.39 is 5.91 Å². The fourth-order valence-corrected chi connectivity index (χ4v) is 1.52. The van der Waals surface area contributed by atoms with E-state index in [0.717, 1.165) is 11.3 Å². The Morgan fingerprint density at radius 1 is 1.35 bits per heavy atom. The molecule has 1 heterocycles. The normalized spacial score (nSPS) is 12.4. The van der Waals surface area contributed by atoms with Crippen LogP contribution in [-0.2, 0) is 0 Å². The van der Waals surface area contributed by atoms with E-state index in [1.54, 1.807) is 10.9 Å². The smallest absolute Gasteiger partial charge is 0.251 e. The maximum atomic E-state index is 10.9. The van der Waals surface area contributed by atoms with Crippen molar-refractivity contribution in [2.45, 2.75) is 13.0 Å². The molecule has 0 fully saturated rings. The van der Waals surface area contributed by atoms with Gasteiger partial charge in [0.2, 0.25) is 0 Å². The van der Waals surface area contributed by atoms with Crippen LogP contribution in [0.2, 0.25) is 0 Å². The molecule has 2 aromatic rings. The summed E-state index contributed by atoms with van der Waals surface area (Å²) in [5.74, 6) is -0.483. The molecular formula is C12H14N4O. The molecule has 0 aliphatic carbocycles.